The van der Waals surface area contributed by atoms with Crippen molar-refractivity contribution in [2.24, 2.45) is 0 Å². The second-order valence-electron chi connectivity index (χ2n) is 6.35. The Morgan fingerprint density at radius 2 is 1.81 bits per heavy atom. The van der Waals surface area contributed by atoms with Gasteiger partial charge in [0.2, 0.25) is 0 Å². The van der Waals surface area contributed by atoms with Gasteiger partial charge in [-0.3, -0.25) is 0 Å². The van der Waals surface area contributed by atoms with Crippen LogP contribution < -0.4 is 0 Å². The fourth-order valence-electron chi connectivity index (χ4n) is 3.08. The molecule has 0 amide bonds. The standard InChI is InChI=1S/C19H13ClFN5/c20-17-7-16-14(10-22-17)18(11-5-6-11)25-26(16)19-23-8-12(9-24-19)13-3-1-2-4-15(13)21/h1-4,7-11H,5-6H2. The first-order chi connectivity index (χ1) is 12.7. The van der Waals surface area contributed by atoms with Crippen LogP contribution in [0.5, 0.6) is 0 Å². The van der Waals surface area contributed by atoms with Gasteiger partial charge in [-0.15, -0.1) is 0 Å². The van der Waals surface area contributed by atoms with E-state index >= 15 is 0 Å². The predicted molar refractivity (Wildman–Crippen MR) is 96.8 cm³/mol. The summed E-state index contributed by atoms with van der Waals surface area (Å²) in [6, 6.07) is 8.32. The summed E-state index contributed by atoms with van der Waals surface area (Å²) in [5, 5.41) is 6.07. The molecule has 5 nitrogen and oxygen atoms in total. The van der Waals surface area contributed by atoms with E-state index in [9.17, 15) is 4.39 Å². The average molecular weight is 366 g/mol. The third kappa shape index (κ3) is 2.54. The zero-order chi connectivity index (χ0) is 17.7. The number of aromatic nitrogens is 5. The molecule has 4 aromatic rings. The van der Waals surface area contributed by atoms with Crippen molar-refractivity contribution in [3.63, 3.8) is 0 Å². The lowest BCUT2D eigenvalue weighted by molar-refractivity contribution is 0.631. The maximum absolute atomic E-state index is 14.0. The Kier molecular flexibility index (Phi) is 3.46. The van der Waals surface area contributed by atoms with Crippen molar-refractivity contribution < 1.29 is 4.39 Å². The van der Waals surface area contributed by atoms with E-state index in [0.717, 1.165) is 29.4 Å². The summed E-state index contributed by atoms with van der Waals surface area (Å²) in [6.45, 7) is 0. The zero-order valence-corrected chi connectivity index (χ0v) is 14.4. The van der Waals surface area contributed by atoms with Gasteiger partial charge in [0.25, 0.3) is 5.95 Å². The van der Waals surface area contributed by atoms with Crippen molar-refractivity contribution in [2.75, 3.05) is 0 Å². The Balaban J connectivity index is 1.62. The first kappa shape index (κ1) is 15.4. The Hall–Kier alpha value is -2.86. The van der Waals surface area contributed by atoms with Crippen molar-refractivity contribution in [1.29, 1.82) is 0 Å². The minimum absolute atomic E-state index is 0.303. The van der Waals surface area contributed by atoms with Crippen molar-refractivity contribution in [3.05, 3.63) is 65.6 Å². The molecule has 1 fully saturated rings. The van der Waals surface area contributed by atoms with Gasteiger partial charge < -0.3 is 0 Å². The molecule has 1 aromatic carbocycles. The van der Waals surface area contributed by atoms with E-state index in [1.807, 2.05) is 0 Å². The molecule has 7 heteroatoms. The number of hydrogen-bond acceptors (Lipinski definition) is 4. The summed E-state index contributed by atoms with van der Waals surface area (Å²) in [5.41, 5.74) is 2.91. The van der Waals surface area contributed by atoms with Gasteiger partial charge in [-0.1, -0.05) is 29.8 Å². The van der Waals surface area contributed by atoms with Crippen molar-refractivity contribution in [2.45, 2.75) is 18.8 Å². The van der Waals surface area contributed by atoms with Crippen LogP contribution in [0.15, 0.2) is 48.9 Å². The van der Waals surface area contributed by atoms with Gasteiger partial charge in [0.15, 0.2) is 0 Å². The summed E-state index contributed by atoms with van der Waals surface area (Å²) < 4.78 is 15.6. The van der Waals surface area contributed by atoms with Crippen LogP contribution in [0.4, 0.5) is 4.39 Å². The van der Waals surface area contributed by atoms with E-state index in [1.165, 1.54) is 6.07 Å². The molecule has 0 saturated heterocycles. The number of benzene rings is 1. The fraction of sp³-hybridized carbons (Fsp3) is 0.158. The molecule has 1 aliphatic rings. The Bertz CT molecular complexity index is 1120. The minimum atomic E-state index is -0.303. The maximum Gasteiger partial charge on any atom is 0.251 e. The predicted octanol–water partition coefficient (Wildman–Crippen LogP) is 4.55. The van der Waals surface area contributed by atoms with Gasteiger partial charge in [0.05, 0.1) is 11.2 Å². The lowest BCUT2D eigenvalue weighted by Gasteiger charge is -2.05. The molecule has 0 atom stereocenters. The molecule has 26 heavy (non-hydrogen) atoms. The molecular weight excluding hydrogens is 353 g/mol. The van der Waals surface area contributed by atoms with Crippen LogP contribution in [0.3, 0.4) is 0 Å². The van der Waals surface area contributed by atoms with Crippen LogP contribution in [0.1, 0.15) is 24.5 Å². The molecule has 128 valence electrons. The summed E-state index contributed by atoms with van der Waals surface area (Å²) >= 11 is 6.07. The molecule has 3 aromatic heterocycles. The van der Waals surface area contributed by atoms with E-state index in [-0.39, 0.29) is 5.82 Å². The van der Waals surface area contributed by atoms with E-state index in [1.54, 1.807) is 47.5 Å². The fourth-order valence-corrected chi connectivity index (χ4v) is 3.24. The number of hydrogen-bond donors (Lipinski definition) is 0. The zero-order valence-electron chi connectivity index (χ0n) is 13.6. The number of rotatable bonds is 3. The molecule has 0 radical (unpaired) electrons. The highest BCUT2D eigenvalue weighted by Crippen LogP contribution is 2.42. The Morgan fingerprint density at radius 1 is 1.04 bits per heavy atom. The monoisotopic (exact) mass is 365 g/mol. The maximum atomic E-state index is 14.0. The third-order valence-corrected chi connectivity index (χ3v) is 4.74. The highest BCUT2D eigenvalue weighted by molar-refractivity contribution is 6.30. The smallest absolute Gasteiger partial charge is 0.244 e. The molecule has 0 spiro atoms. The number of halogens is 2. The highest BCUT2D eigenvalue weighted by Gasteiger charge is 2.30. The molecule has 0 bridgehead atoms. The van der Waals surface area contributed by atoms with Crippen molar-refractivity contribution in [3.8, 4) is 17.1 Å². The largest absolute Gasteiger partial charge is 0.251 e. The topological polar surface area (TPSA) is 56.5 Å². The number of nitrogens with zero attached hydrogens (tertiary/aromatic N) is 5. The van der Waals surface area contributed by atoms with Crippen LogP contribution in [-0.4, -0.2) is 24.7 Å². The van der Waals surface area contributed by atoms with Gasteiger partial charge in [0.1, 0.15) is 11.0 Å². The summed E-state index contributed by atoms with van der Waals surface area (Å²) in [6.07, 6.45) is 7.22. The van der Waals surface area contributed by atoms with E-state index in [0.29, 0.717) is 28.1 Å². The second kappa shape index (κ2) is 5.85. The molecule has 0 N–H and O–H groups in total. The summed E-state index contributed by atoms with van der Waals surface area (Å²) in [4.78, 5) is 13.0. The van der Waals surface area contributed by atoms with E-state index < -0.39 is 0 Å². The van der Waals surface area contributed by atoms with E-state index in [2.05, 4.69) is 15.0 Å². The highest BCUT2D eigenvalue weighted by atomic mass is 35.5. The normalized spacial score (nSPS) is 14.1. The van der Waals surface area contributed by atoms with Crippen LogP contribution in [0.2, 0.25) is 5.15 Å². The van der Waals surface area contributed by atoms with Crippen LogP contribution in [0.25, 0.3) is 28.0 Å². The van der Waals surface area contributed by atoms with E-state index in [4.69, 9.17) is 16.7 Å². The molecule has 1 saturated carbocycles. The molecule has 0 unspecified atom stereocenters. The minimum Gasteiger partial charge on any atom is -0.244 e. The molecule has 5 rings (SSSR count). The van der Waals surface area contributed by atoms with Gasteiger partial charge >= 0.3 is 0 Å². The molecule has 3 heterocycles. The first-order valence-corrected chi connectivity index (χ1v) is 8.70. The van der Waals surface area contributed by atoms with Crippen LogP contribution in [-0.2, 0) is 0 Å². The molecule has 1 aliphatic carbocycles. The summed E-state index contributed by atoms with van der Waals surface area (Å²) in [5.74, 6) is 0.575. The average Bonchev–Trinajstić information content (AvgIpc) is 3.44. The van der Waals surface area contributed by atoms with Gasteiger partial charge in [0, 0.05) is 47.1 Å². The second-order valence-corrected chi connectivity index (χ2v) is 6.73. The van der Waals surface area contributed by atoms with Crippen molar-refractivity contribution in [1.82, 2.24) is 24.7 Å². The third-order valence-electron chi connectivity index (χ3n) is 4.54. The number of pyridine rings is 1. The summed E-state index contributed by atoms with van der Waals surface area (Å²) in [7, 11) is 0. The molecular formula is C19H13ClFN5. The Morgan fingerprint density at radius 3 is 2.54 bits per heavy atom. The quantitative estimate of drug-likeness (QED) is 0.500. The van der Waals surface area contributed by atoms with Crippen LogP contribution >= 0.6 is 11.6 Å². The lowest BCUT2D eigenvalue weighted by Crippen LogP contribution is -2.03. The van der Waals surface area contributed by atoms with Gasteiger partial charge in [-0.25, -0.2) is 19.3 Å². The van der Waals surface area contributed by atoms with Gasteiger partial charge in [-0.05, 0) is 18.9 Å². The Labute approximate surface area is 153 Å². The lowest BCUT2D eigenvalue weighted by atomic mass is 10.1. The SMILES string of the molecule is Fc1ccccc1-c1cnc(-n2nc(C3CC3)c3cnc(Cl)cc32)nc1. The first-order valence-electron chi connectivity index (χ1n) is 8.32. The van der Waals surface area contributed by atoms with Crippen LogP contribution in [0, 0.1) is 5.82 Å². The number of fused-ring (bicyclic) bond motifs is 1. The van der Waals surface area contributed by atoms with Crippen molar-refractivity contribution >= 4 is 22.5 Å². The van der Waals surface area contributed by atoms with Gasteiger partial charge in [-0.2, -0.15) is 9.78 Å². The molecule has 0 aliphatic heterocycles.